The second kappa shape index (κ2) is 8.92. The zero-order valence-electron chi connectivity index (χ0n) is 18.9. The number of anilines is 2. The first-order valence-electron chi connectivity index (χ1n) is 11.9. The van der Waals surface area contributed by atoms with Gasteiger partial charge in [-0.1, -0.05) is 18.2 Å². The van der Waals surface area contributed by atoms with Gasteiger partial charge < -0.3 is 14.5 Å². The number of thiophene rings is 1. The van der Waals surface area contributed by atoms with Gasteiger partial charge in [-0.15, -0.1) is 11.3 Å². The first-order chi connectivity index (χ1) is 16.7. The fraction of sp³-hybridized carbons (Fsp3) is 0.385. The van der Waals surface area contributed by atoms with Crippen LogP contribution in [0, 0.1) is 5.92 Å². The van der Waals surface area contributed by atoms with E-state index < -0.39 is 0 Å². The number of ketones is 1. The zero-order chi connectivity index (χ0) is 23.1. The summed E-state index contributed by atoms with van der Waals surface area (Å²) in [6, 6.07) is 11.7. The van der Waals surface area contributed by atoms with Crippen molar-refractivity contribution >= 4 is 34.7 Å². The minimum absolute atomic E-state index is 0.135. The average Bonchev–Trinajstić information content (AvgIpc) is 3.63. The van der Waals surface area contributed by atoms with E-state index in [2.05, 4.69) is 16.0 Å². The molecule has 2 aliphatic heterocycles. The van der Waals surface area contributed by atoms with Crippen molar-refractivity contribution in [3.8, 4) is 10.4 Å². The lowest BCUT2D eigenvalue weighted by Crippen LogP contribution is -2.38. The number of rotatable bonds is 5. The molecule has 174 valence electrons. The maximum Gasteiger partial charge on any atom is 0.277 e. The van der Waals surface area contributed by atoms with Gasteiger partial charge >= 0.3 is 0 Å². The molecule has 3 aliphatic rings. The molecular weight excluding hydrogens is 448 g/mol. The molecular formula is C26H26N4O3S. The summed E-state index contributed by atoms with van der Waals surface area (Å²) in [6.07, 6.45) is 5.36. The minimum atomic E-state index is -0.135. The predicted molar refractivity (Wildman–Crippen MR) is 132 cm³/mol. The van der Waals surface area contributed by atoms with Crippen LogP contribution in [0.1, 0.15) is 45.0 Å². The number of aromatic nitrogens is 2. The summed E-state index contributed by atoms with van der Waals surface area (Å²) >= 11 is 1.57. The highest BCUT2D eigenvalue weighted by atomic mass is 32.1. The van der Waals surface area contributed by atoms with Gasteiger partial charge in [0.05, 0.1) is 23.8 Å². The van der Waals surface area contributed by atoms with Crippen LogP contribution in [0.25, 0.3) is 10.4 Å². The number of hydrogen-bond acceptors (Lipinski definition) is 7. The van der Waals surface area contributed by atoms with Gasteiger partial charge in [0.25, 0.3) is 5.91 Å². The van der Waals surface area contributed by atoms with Gasteiger partial charge in [-0.05, 0) is 48.9 Å². The summed E-state index contributed by atoms with van der Waals surface area (Å²) in [6.45, 7) is 3.23. The number of nitrogens with zero attached hydrogens (tertiary/aromatic N) is 4. The summed E-state index contributed by atoms with van der Waals surface area (Å²) in [4.78, 5) is 41.2. The third-order valence-electron chi connectivity index (χ3n) is 6.70. The summed E-state index contributed by atoms with van der Waals surface area (Å²) < 4.78 is 5.42. The highest BCUT2D eigenvalue weighted by Gasteiger charge is 2.30. The Bertz CT molecular complexity index is 1250. The van der Waals surface area contributed by atoms with E-state index in [9.17, 15) is 9.59 Å². The SMILES string of the molecule is O=C(CC1CC1)c1cc2c(s1)-c1ccccc1N(C(=O)c1ccnc(N3CCOCC3)n1)CC2. The first kappa shape index (κ1) is 21.4. The molecule has 0 bridgehead atoms. The number of para-hydroxylation sites is 1. The molecule has 7 nitrogen and oxygen atoms in total. The molecule has 6 rings (SSSR count). The van der Waals surface area contributed by atoms with E-state index in [1.807, 2.05) is 34.1 Å². The Labute approximate surface area is 202 Å². The standard InChI is InChI=1S/C26H26N4O3S/c31-22(15-17-5-6-17)23-16-18-8-10-30(21-4-2-1-3-19(21)24(18)34-23)25(32)20-7-9-27-26(28-20)29-11-13-33-14-12-29/h1-4,7,9,16-17H,5-6,8,10-15H2. The number of fused-ring (bicyclic) bond motifs is 3. The van der Waals surface area contributed by atoms with Crippen LogP contribution in [0.5, 0.6) is 0 Å². The van der Waals surface area contributed by atoms with Crippen molar-refractivity contribution in [2.24, 2.45) is 5.92 Å². The number of morpholine rings is 1. The number of carbonyl (C=O) groups is 2. The van der Waals surface area contributed by atoms with Gasteiger partial charge in [0.1, 0.15) is 5.69 Å². The summed E-state index contributed by atoms with van der Waals surface area (Å²) in [5.41, 5.74) is 3.39. The van der Waals surface area contributed by atoms with Gasteiger partial charge in [-0.3, -0.25) is 9.59 Å². The third kappa shape index (κ3) is 4.12. The van der Waals surface area contributed by atoms with Crippen LogP contribution >= 0.6 is 11.3 Å². The largest absolute Gasteiger partial charge is 0.378 e. The number of carbonyl (C=O) groups excluding carboxylic acids is 2. The molecule has 1 amide bonds. The molecule has 0 spiro atoms. The fourth-order valence-corrected chi connectivity index (χ4v) is 5.84. The van der Waals surface area contributed by atoms with Crippen molar-refractivity contribution in [1.29, 1.82) is 0 Å². The van der Waals surface area contributed by atoms with Crippen LogP contribution in [0.2, 0.25) is 0 Å². The first-order valence-corrected chi connectivity index (χ1v) is 12.7. The van der Waals surface area contributed by atoms with Gasteiger partial charge in [-0.2, -0.15) is 0 Å². The molecule has 1 aromatic carbocycles. The van der Waals surface area contributed by atoms with E-state index >= 15 is 0 Å². The molecule has 34 heavy (non-hydrogen) atoms. The van der Waals surface area contributed by atoms with E-state index in [4.69, 9.17) is 4.74 Å². The van der Waals surface area contributed by atoms with Gasteiger partial charge in [0.2, 0.25) is 5.95 Å². The van der Waals surface area contributed by atoms with Gasteiger partial charge in [0, 0.05) is 42.7 Å². The third-order valence-corrected chi connectivity index (χ3v) is 7.95. The number of hydrogen-bond donors (Lipinski definition) is 0. The van der Waals surface area contributed by atoms with E-state index in [-0.39, 0.29) is 11.7 Å². The maximum absolute atomic E-state index is 13.7. The van der Waals surface area contributed by atoms with Gasteiger partial charge in [-0.25, -0.2) is 9.97 Å². The van der Waals surface area contributed by atoms with Crippen LogP contribution in [0.3, 0.4) is 0 Å². The molecule has 8 heteroatoms. The van der Waals surface area contributed by atoms with Gasteiger partial charge in [0.15, 0.2) is 5.78 Å². The van der Waals surface area contributed by atoms with Crippen molar-refractivity contribution < 1.29 is 14.3 Å². The monoisotopic (exact) mass is 474 g/mol. The lowest BCUT2D eigenvalue weighted by molar-refractivity contribution is 0.0972. The smallest absolute Gasteiger partial charge is 0.277 e. The quantitative estimate of drug-likeness (QED) is 0.515. The second-order valence-electron chi connectivity index (χ2n) is 9.10. The van der Waals surface area contributed by atoms with Crippen LogP contribution in [0.15, 0.2) is 42.6 Å². The van der Waals surface area contributed by atoms with Crippen molar-refractivity contribution in [3.63, 3.8) is 0 Å². The second-order valence-corrected chi connectivity index (χ2v) is 10.2. The normalized spacial score (nSPS) is 17.6. The number of Topliss-reactive ketones (excluding diaryl/α,β-unsaturated/α-hetero) is 1. The Kier molecular flexibility index (Phi) is 5.63. The van der Waals surface area contributed by atoms with Crippen LogP contribution < -0.4 is 9.80 Å². The Morgan fingerprint density at radius 1 is 1.09 bits per heavy atom. The van der Waals surface area contributed by atoms with Crippen molar-refractivity contribution in [2.75, 3.05) is 42.6 Å². The van der Waals surface area contributed by atoms with Crippen LogP contribution in [-0.4, -0.2) is 54.5 Å². The summed E-state index contributed by atoms with van der Waals surface area (Å²) in [5.74, 6) is 1.26. The number of ether oxygens (including phenoxy) is 1. The molecule has 1 saturated heterocycles. The highest BCUT2D eigenvalue weighted by Crippen LogP contribution is 2.43. The lowest BCUT2D eigenvalue weighted by Gasteiger charge is -2.27. The van der Waals surface area contributed by atoms with Crippen LogP contribution in [0.4, 0.5) is 11.6 Å². The zero-order valence-corrected chi connectivity index (χ0v) is 19.7. The molecule has 3 aromatic rings. The predicted octanol–water partition coefficient (Wildman–Crippen LogP) is 4.23. The highest BCUT2D eigenvalue weighted by molar-refractivity contribution is 7.17. The van der Waals surface area contributed by atoms with E-state index in [1.165, 1.54) is 12.8 Å². The molecule has 0 atom stereocenters. The molecule has 0 radical (unpaired) electrons. The average molecular weight is 475 g/mol. The lowest BCUT2D eigenvalue weighted by atomic mass is 10.1. The molecule has 2 aromatic heterocycles. The van der Waals surface area contributed by atoms with E-state index in [0.717, 1.165) is 26.6 Å². The summed E-state index contributed by atoms with van der Waals surface area (Å²) in [7, 11) is 0. The molecule has 0 unspecified atom stereocenters. The molecule has 0 N–H and O–H groups in total. The van der Waals surface area contributed by atoms with Crippen molar-refractivity contribution in [2.45, 2.75) is 25.7 Å². The van der Waals surface area contributed by atoms with E-state index in [1.54, 1.807) is 23.6 Å². The Morgan fingerprint density at radius 2 is 1.91 bits per heavy atom. The topological polar surface area (TPSA) is 75.6 Å². The minimum Gasteiger partial charge on any atom is -0.378 e. The Balaban J connectivity index is 1.31. The molecule has 4 heterocycles. The Hall–Kier alpha value is -3.10. The Morgan fingerprint density at radius 3 is 2.74 bits per heavy atom. The number of amides is 1. The van der Waals surface area contributed by atoms with Crippen LogP contribution in [-0.2, 0) is 11.2 Å². The molecule has 1 aliphatic carbocycles. The van der Waals surface area contributed by atoms with Crippen molar-refractivity contribution in [3.05, 3.63) is 58.7 Å². The molecule has 1 saturated carbocycles. The molecule has 2 fully saturated rings. The van der Waals surface area contributed by atoms with E-state index in [0.29, 0.717) is 63.2 Å². The van der Waals surface area contributed by atoms with Crippen molar-refractivity contribution in [1.82, 2.24) is 9.97 Å². The fourth-order valence-electron chi connectivity index (χ4n) is 4.65. The number of benzene rings is 1. The maximum atomic E-state index is 13.7. The summed E-state index contributed by atoms with van der Waals surface area (Å²) in [5, 5.41) is 0.